The van der Waals surface area contributed by atoms with Gasteiger partial charge in [-0.2, -0.15) is 0 Å². The van der Waals surface area contributed by atoms with Gasteiger partial charge in [-0.25, -0.2) is 0 Å². The molecule has 0 spiro atoms. The molecule has 1 amide bonds. The van der Waals surface area contributed by atoms with Crippen LogP contribution in [0.15, 0.2) is 11.1 Å². The molecule has 0 aliphatic carbocycles. The first-order valence-corrected chi connectivity index (χ1v) is 5.79. The minimum absolute atomic E-state index is 0.281. The Kier molecular flexibility index (Phi) is 4.33. The number of rotatable bonds is 0. The molecule has 0 bridgehead atoms. The predicted molar refractivity (Wildman–Crippen MR) is 62.7 cm³/mol. The van der Waals surface area contributed by atoms with Gasteiger partial charge in [0.2, 0.25) is 5.91 Å². The van der Waals surface area contributed by atoms with Crippen molar-refractivity contribution < 1.29 is 4.79 Å². The number of hydrogen-bond donors (Lipinski definition) is 0. The summed E-state index contributed by atoms with van der Waals surface area (Å²) in [6, 6.07) is 0. The number of hydrogen-bond acceptors (Lipinski definition) is 2. The van der Waals surface area contributed by atoms with Crippen molar-refractivity contribution in [1.82, 2.24) is 9.80 Å². The molecule has 0 aromatic rings. The van der Waals surface area contributed by atoms with Crippen molar-refractivity contribution >= 4 is 5.91 Å². The van der Waals surface area contributed by atoms with E-state index in [0.717, 1.165) is 26.1 Å². The van der Waals surface area contributed by atoms with E-state index in [2.05, 4.69) is 11.9 Å². The normalized spacial score (nSPS) is 22.1. The maximum Gasteiger partial charge on any atom is 0.226 e. The van der Waals surface area contributed by atoms with E-state index >= 15 is 0 Å². The molecule has 0 atom stereocenters. The van der Waals surface area contributed by atoms with Crippen molar-refractivity contribution in [3.63, 3.8) is 0 Å². The lowest BCUT2D eigenvalue weighted by Crippen LogP contribution is -2.40. The Balaban J connectivity index is 0.000000531. The highest BCUT2D eigenvalue weighted by Crippen LogP contribution is 2.25. The van der Waals surface area contributed by atoms with Crippen LogP contribution in [-0.4, -0.2) is 49.4 Å². The van der Waals surface area contributed by atoms with E-state index in [4.69, 9.17) is 0 Å². The highest BCUT2D eigenvalue weighted by Gasteiger charge is 2.25. The van der Waals surface area contributed by atoms with E-state index in [0.29, 0.717) is 6.42 Å². The van der Waals surface area contributed by atoms with Gasteiger partial charge in [0.05, 0.1) is 0 Å². The first kappa shape index (κ1) is 12.2. The van der Waals surface area contributed by atoms with Gasteiger partial charge < -0.3 is 9.80 Å². The number of carbonyl (C=O) groups is 1. The van der Waals surface area contributed by atoms with Gasteiger partial charge in [-0.05, 0) is 19.0 Å². The monoisotopic (exact) mass is 210 g/mol. The summed E-state index contributed by atoms with van der Waals surface area (Å²) in [7, 11) is 4.03. The molecule has 2 aliphatic heterocycles. The second kappa shape index (κ2) is 5.31. The number of likely N-dealkylation sites (N-methyl/N-ethyl adjacent to an activating group) is 2. The van der Waals surface area contributed by atoms with Crippen molar-refractivity contribution in [2.45, 2.75) is 26.7 Å². The minimum Gasteiger partial charge on any atom is -0.341 e. The first-order chi connectivity index (χ1) is 7.16. The Hall–Kier alpha value is -0.830. The second-order valence-electron chi connectivity index (χ2n) is 4.12. The summed E-state index contributed by atoms with van der Waals surface area (Å²) in [4.78, 5) is 15.6. The van der Waals surface area contributed by atoms with Crippen molar-refractivity contribution in [1.29, 1.82) is 0 Å². The molecule has 3 heteroatoms. The van der Waals surface area contributed by atoms with Gasteiger partial charge in [0.1, 0.15) is 0 Å². The molecule has 0 N–H and O–H groups in total. The maximum atomic E-state index is 11.4. The van der Waals surface area contributed by atoms with E-state index in [1.165, 1.54) is 11.1 Å². The smallest absolute Gasteiger partial charge is 0.226 e. The quantitative estimate of drug-likeness (QED) is 0.566. The van der Waals surface area contributed by atoms with Gasteiger partial charge in [0, 0.05) is 33.1 Å². The molecule has 0 unspecified atom stereocenters. The molecule has 0 saturated carbocycles. The van der Waals surface area contributed by atoms with Crippen LogP contribution in [0.25, 0.3) is 0 Å². The summed E-state index contributed by atoms with van der Waals surface area (Å²) in [5.74, 6) is 0.281. The van der Waals surface area contributed by atoms with Gasteiger partial charge in [-0.3, -0.25) is 4.79 Å². The first-order valence-electron chi connectivity index (χ1n) is 5.79. The molecule has 0 aromatic carbocycles. The van der Waals surface area contributed by atoms with Crippen molar-refractivity contribution in [2.75, 3.05) is 33.7 Å². The second-order valence-corrected chi connectivity index (χ2v) is 4.12. The Labute approximate surface area is 92.7 Å². The molecular formula is C12H22N2O. The zero-order valence-corrected chi connectivity index (χ0v) is 10.3. The third-order valence-electron chi connectivity index (χ3n) is 2.97. The van der Waals surface area contributed by atoms with Crippen LogP contribution >= 0.6 is 0 Å². The topological polar surface area (TPSA) is 23.6 Å². The molecule has 0 fully saturated rings. The van der Waals surface area contributed by atoms with Crippen LogP contribution in [0.3, 0.4) is 0 Å². The van der Waals surface area contributed by atoms with E-state index in [1.54, 1.807) is 0 Å². The molecule has 15 heavy (non-hydrogen) atoms. The molecule has 0 saturated heterocycles. The van der Waals surface area contributed by atoms with Crippen LogP contribution in [0, 0.1) is 0 Å². The summed E-state index contributed by atoms with van der Waals surface area (Å²) in [5, 5.41) is 0. The van der Waals surface area contributed by atoms with Crippen LogP contribution < -0.4 is 0 Å². The SMILES string of the molecule is CC.CN1CCC2=C(C1)CN(C)C(=O)C2. The largest absolute Gasteiger partial charge is 0.341 e. The Bertz CT molecular complexity index is 271. The van der Waals surface area contributed by atoms with Crippen LogP contribution in [0.1, 0.15) is 26.7 Å². The highest BCUT2D eigenvalue weighted by molar-refractivity contribution is 5.80. The summed E-state index contributed by atoms with van der Waals surface area (Å²) >= 11 is 0. The van der Waals surface area contributed by atoms with E-state index in [9.17, 15) is 4.79 Å². The van der Waals surface area contributed by atoms with Gasteiger partial charge in [0.25, 0.3) is 0 Å². The standard InChI is InChI=1S/C10H16N2O.C2H6/c1-11-4-3-8-5-10(13)12(2)7-9(8)6-11;1-2/h3-7H2,1-2H3;1-2H3. The third-order valence-corrected chi connectivity index (χ3v) is 2.97. The average molecular weight is 210 g/mol. The molecule has 2 rings (SSSR count). The summed E-state index contributed by atoms with van der Waals surface area (Å²) in [5.41, 5.74) is 2.87. The highest BCUT2D eigenvalue weighted by atomic mass is 16.2. The lowest BCUT2D eigenvalue weighted by Gasteiger charge is -2.34. The Morgan fingerprint density at radius 1 is 1.07 bits per heavy atom. The van der Waals surface area contributed by atoms with Gasteiger partial charge in [-0.1, -0.05) is 19.4 Å². The van der Waals surface area contributed by atoms with Crippen molar-refractivity contribution in [3.8, 4) is 0 Å². The Morgan fingerprint density at radius 3 is 2.40 bits per heavy atom. The van der Waals surface area contributed by atoms with Crippen LogP contribution in [-0.2, 0) is 4.79 Å². The van der Waals surface area contributed by atoms with Crippen molar-refractivity contribution in [3.05, 3.63) is 11.1 Å². The van der Waals surface area contributed by atoms with Gasteiger partial charge in [0.15, 0.2) is 0 Å². The lowest BCUT2D eigenvalue weighted by atomic mass is 9.93. The molecular weight excluding hydrogens is 188 g/mol. The van der Waals surface area contributed by atoms with Crippen LogP contribution in [0.4, 0.5) is 0 Å². The summed E-state index contributed by atoms with van der Waals surface area (Å²) in [6.45, 7) is 7.00. The maximum absolute atomic E-state index is 11.4. The number of nitrogens with zero attached hydrogens (tertiary/aromatic N) is 2. The summed E-state index contributed by atoms with van der Waals surface area (Å²) < 4.78 is 0. The lowest BCUT2D eigenvalue weighted by molar-refractivity contribution is -0.129. The number of carbonyl (C=O) groups excluding carboxylic acids is 1. The van der Waals surface area contributed by atoms with Crippen molar-refractivity contribution in [2.24, 2.45) is 0 Å². The fourth-order valence-electron chi connectivity index (χ4n) is 2.09. The fourth-order valence-corrected chi connectivity index (χ4v) is 2.09. The van der Waals surface area contributed by atoms with Gasteiger partial charge in [-0.15, -0.1) is 0 Å². The zero-order chi connectivity index (χ0) is 11.4. The van der Waals surface area contributed by atoms with Gasteiger partial charge >= 0.3 is 0 Å². The zero-order valence-electron chi connectivity index (χ0n) is 10.3. The predicted octanol–water partition coefficient (Wildman–Crippen LogP) is 1.51. The van der Waals surface area contributed by atoms with Crippen LogP contribution in [0.5, 0.6) is 0 Å². The third kappa shape index (κ3) is 2.81. The minimum atomic E-state index is 0.281. The Morgan fingerprint density at radius 2 is 1.73 bits per heavy atom. The van der Waals surface area contributed by atoms with Crippen LogP contribution in [0.2, 0.25) is 0 Å². The average Bonchev–Trinajstić information content (AvgIpc) is 2.23. The van der Waals surface area contributed by atoms with E-state index < -0.39 is 0 Å². The molecule has 3 nitrogen and oxygen atoms in total. The molecule has 2 heterocycles. The fraction of sp³-hybridized carbons (Fsp3) is 0.750. The molecule has 0 radical (unpaired) electrons. The van der Waals surface area contributed by atoms with E-state index in [-0.39, 0.29) is 5.91 Å². The molecule has 0 aromatic heterocycles. The number of amides is 1. The molecule has 2 aliphatic rings. The van der Waals surface area contributed by atoms with E-state index in [1.807, 2.05) is 25.8 Å². The molecule has 86 valence electrons. The summed E-state index contributed by atoms with van der Waals surface area (Å²) in [6.07, 6.45) is 1.76.